The van der Waals surface area contributed by atoms with Gasteiger partial charge in [0.05, 0.1) is 0 Å². The summed E-state index contributed by atoms with van der Waals surface area (Å²) < 4.78 is 0. The van der Waals surface area contributed by atoms with Gasteiger partial charge in [-0.1, -0.05) is 12.1 Å². The average molecular weight is 186 g/mol. The molecule has 0 aliphatic carbocycles. The molecule has 0 atom stereocenters. The van der Waals surface area contributed by atoms with E-state index < -0.39 is 0 Å². The molecule has 1 rings (SSSR count). The molecule has 0 amide bonds. The van der Waals surface area contributed by atoms with Crippen molar-refractivity contribution < 1.29 is 0 Å². The molecule has 0 aliphatic rings. The molecule has 0 heterocycles. The zero-order valence-corrected chi connectivity index (χ0v) is 8.90. The maximum absolute atomic E-state index is 2.16. The van der Waals surface area contributed by atoms with Gasteiger partial charge < -0.3 is 4.90 Å². The summed E-state index contributed by atoms with van der Waals surface area (Å²) in [6, 6.07) is 6.38. The summed E-state index contributed by atoms with van der Waals surface area (Å²) >= 11 is 0. The Morgan fingerprint density at radius 1 is 1.08 bits per heavy atom. The van der Waals surface area contributed by atoms with E-state index in [-0.39, 0.29) is 12.4 Å². The van der Waals surface area contributed by atoms with Crippen LogP contribution in [-0.4, -0.2) is 14.1 Å². The molecule has 0 N–H and O–H groups in total. The maximum atomic E-state index is 2.16. The van der Waals surface area contributed by atoms with E-state index in [1.54, 1.807) is 0 Å². The molecule has 0 bridgehead atoms. The first-order valence-electron chi connectivity index (χ1n) is 3.86. The van der Waals surface area contributed by atoms with Crippen LogP contribution in [0.1, 0.15) is 11.1 Å². The highest BCUT2D eigenvalue weighted by atomic mass is 35.5. The highest BCUT2D eigenvalue weighted by molar-refractivity contribution is 5.85. The molecule has 1 aromatic rings. The van der Waals surface area contributed by atoms with Gasteiger partial charge in [-0.15, -0.1) is 12.4 Å². The molecule has 0 fully saturated rings. The van der Waals surface area contributed by atoms with Crippen molar-refractivity contribution in [2.75, 3.05) is 19.0 Å². The predicted molar refractivity (Wildman–Crippen MR) is 57.5 cm³/mol. The number of aryl methyl sites for hydroxylation is 1. The lowest BCUT2D eigenvalue weighted by Gasteiger charge is -2.16. The molecule has 0 radical (unpaired) electrons. The van der Waals surface area contributed by atoms with Crippen LogP contribution in [0.4, 0.5) is 5.69 Å². The molecule has 68 valence electrons. The van der Waals surface area contributed by atoms with E-state index >= 15 is 0 Å². The van der Waals surface area contributed by atoms with Crippen molar-refractivity contribution in [3.05, 3.63) is 29.3 Å². The van der Waals surface area contributed by atoms with Gasteiger partial charge in [-0.05, 0) is 31.0 Å². The van der Waals surface area contributed by atoms with Crippen LogP contribution < -0.4 is 4.90 Å². The fourth-order valence-corrected chi connectivity index (χ4v) is 1.22. The molecule has 1 aromatic carbocycles. The number of hydrogen-bond donors (Lipinski definition) is 0. The van der Waals surface area contributed by atoms with E-state index in [4.69, 9.17) is 0 Å². The van der Waals surface area contributed by atoms with Crippen molar-refractivity contribution in [1.29, 1.82) is 0 Å². The van der Waals surface area contributed by atoms with Crippen LogP contribution in [0.3, 0.4) is 0 Å². The predicted octanol–water partition coefficient (Wildman–Crippen LogP) is 2.79. The largest absolute Gasteiger partial charge is 0.377 e. The number of anilines is 1. The molecular formula is C10H16ClN. The molecule has 0 spiro atoms. The van der Waals surface area contributed by atoms with E-state index in [1.807, 2.05) is 0 Å². The van der Waals surface area contributed by atoms with Crippen molar-refractivity contribution in [3.8, 4) is 0 Å². The minimum atomic E-state index is 0. The van der Waals surface area contributed by atoms with Crippen LogP contribution in [-0.2, 0) is 0 Å². The molecule has 0 aliphatic heterocycles. The molecular weight excluding hydrogens is 170 g/mol. The molecule has 12 heavy (non-hydrogen) atoms. The number of halogens is 1. The van der Waals surface area contributed by atoms with E-state index in [0.717, 1.165) is 0 Å². The lowest BCUT2D eigenvalue weighted by molar-refractivity contribution is 1.10. The molecule has 1 nitrogen and oxygen atoms in total. The van der Waals surface area contributed by atoms with E-state index in [9.17, 15) is 0 Å². The van der Waals surface area contributed by atoms with Crippen LogP contribution in [0.5, 0.6) is 0 Å². The van der Waals surface area contributed by atoms with Gasteiger partial charge in [-0.2, -0.15) is 0 Å². The van der Waals surface area contributed by atoms with Crippen LogP contribution in [0.2, 0.25) is 0 Å². The van der Waals surface area contributed by atoms with E-state index in [0.29, 0.717) is 0 Å². The van der Waals surface area contributed by atoms with E-state index in [1.165, 1.54) is 16.8 Å². The highest BCUT2D eigenvalue weighted by Gasteiger charge is 2.00. The van der Waals surface area contributed by atoms with Crippen molar-refractivity contribution in [2.45, 2.75) is 13.8 Å². The first-order valence-corrected chi connectivity index (χ1v) is 3.86. The summed E-state index contributed by atoms with van der Waals surface area (Å²) in [7, 11) is 4.14. The average Bonchev–Trinajstić information content (AvgIpc) is 1.94. The van der Waals surface area contributed by atoms with Gasteiger partial charge in [0.25, 0.3) is 0 Å². The van der Waals surface area contributed by atoms with Gasteiger partial charge in [0, 0.05) is 19.8 Å². The molecule has 0 unspecified atom stereocenters. The van der Waals surface area contributed by atoms with Gasteiger partial charge in [-0.25, -0.2) is 0 Å². The molecule has 0 aromatic heterocycles. The Kier molecular flexibility index (Phi) is 4.11. The summed E-state index contributed by atoms with van der Waals surface area (Å²) in [5, 5.41) is 0. The van der Waals surface area contributed by atoms with Crippen molar-refractivity contribution >= 4 is 18.1 Å². The number of nitrogens with zero attached hydrogens (tertiary/aromatic N) is 1. The lowest BCUT2D eigenvalue weighted by Crippen LogP contribution is -2.10. The summed E-state index contributed by atoms with van der Waals surface area (Å²) in [5.41, 5.74) is 4.04. The third-order valence-corrected chi connectivity index (χ3v) is 2.06. The van der Waals surface area contributed by atoms with Crippen molar-refractivity contribution in [3.63, 3.8) is 0 Å². The number of benzene rings is 1. The Balaban J connectivity index is 0.00000121. The molecule has 2 heteroatoms. The van der Waals surface area contributed by atoms with Crippen LogP contribution in [0, 0.1) is 13.8 Å². The van der Waals surface area contributed by atoms with Crippen molar-refractivity contribution in [1.82, 2.24) is 0 Å². The van der Waals surface area contributed by atoms with Gasteiger partial charge in [-0.3, -0.25) is 0 Å². The third-order valence-electron chi connectivity index (χ3n) is 2.06. The van der Waals surface area contributed by atoms with Crippen LogP contribution >= 0.6 is 12.4 Å². The third kappa shape index (κ3) is 2.15. The summed E-state index contributed by atoms with van der Waals surface area (Å²) in [4.78, 5) is 2.14. The lowest BCUT2D eigenvalue weighted by atomic mass is 10.1. The Morgan fingerprint density at radius 3 is 2.08 bits per heavy atom. The minimum absolute atomic E-state index is 0. The summed E-state index contributed by atoms with van der Waals surface area (Å²) in [6.07, 6.45) is 0. The SMILES string of the molecule is Cc1cccc(N(C)C)c1C.Cl. The van der Waals surface area contributed by atoms with Crippen LogP contribution in [0.15, 0.2) is 18.2 Å². The Hall–Kier alpha value is -0.690. The standard InChI is InChI=1S/C10H15N.ClH/c1-8-6-5-7-10(9(8)2)11(3)4;/h5-7H,1-4H3;1H. The van der Waals surface area contributed by atoms with E-state index in [2.05, 4.69) is 51.0 Å². The van der Waals surface area contributed by atoms with Gasteiger partial charge in [0.15, 0.2) is 0 Å². The Morgan fingerprint density at radius 2 is 1.67 bits per heavy atom. The van der Waals surface area contributed by atoms with Crippen molar-refractivity contribution in [2.24, 2.45) is 0 Å². The second-order valence-electron chi connectivity index (χ2n) is 3.11. The highest BCUT2D eigenvalue weighted by Crippen LogP contribution is 2.19. The number of hydrogen-bond acceptors (Lipinski definition) is 1. The number of rotatable bonds is 1. The maximum Gasteiger partial charge on any atom is 0.0393 e. The zero-order chi connectivity index (χ0) is 8.43. The molecule has 0 saturated carbocycles. The van der Waals surface area contributed by atoms with Gasteiger partial charge >= 0.3 is 0 Å². The minimum Gasteiger partial charge on any atom is -0.377 e. The quantitative estimate of drug-likeness (QED) is 0.651. The first-order chi connectivity index (χ1) is 5.13. The fraction of sp³-hybridized carbons (Fsp3) is 0.400. The van der Waals surface area contributed by atoms with Crippen LogP contribution in [0.25, 0.3) is 0 Å². The fourth-order valence-electron chi connectivity index (χ4n) is 1.22. The van der Waals surface area contributed by atoms with Gasteiger partial charge in [0.2, 0.25) is 0 Å². The Labute approximate surface area is 80.8 Å². The van der Waals surface area contributed by atoms with Gasteiger partial charge in [0.1, 0.15) is 0 Å². The Bertz CT molecular complexity index is 256. The zero-order valence-electron chi connectivity index (χ0n) is 8.09. The normalized spacial score (nSPS) is 9.00. The first kappa shape index (κ1) is 11.3. The monoisotopic (exact) mass is 185 g/mol. The smallest absolute Gasteiger partial charge is 0.0393 e. The second-order valence-corrected chi connectivity index (χ2v) is 3.11. The molecule has 0 saturated heterocycles. The summed E-state index contributed by atoms with van der Waals surface area (Å²) in [5.74, 6) is 0. The summed E-state index contributed by atoms with van der Waals surface area (Å²) in [6.45, 7) is 4.30. The topological polar surface area (TPSA) is 3.24 Å². The second kappa shape index (κ2) is 4.36.